The molecule has 0 aromatic carbocycles. The Morgan fingerprint density at radius 1 is 0.902 bits per heavy atom. The molecular formula is C43H60N4O4. The monoisotopic (exact) mass is 696 g/mol. The first kappa shape index (κ1) is 35.0. The molecule has 6 aliphatic rings. The quantitative estimate of drug-likeness (QED) is 0.227. The number of likely N-dealkylation sites (tertiary alicyclic amines) is 1. The van der Waals surface area contributed by atoms with E-state index in [9.17, 15) is 4.79 Å². The maximum absolute atomic E-state index is 15.9. The number of aromatic nitrogens is 3. The van der Waals surface area contributed by atoms with Gasteiger partial charge < -0.3 is 14.2 Å². The van der Waals surface area contributed by atoms with Crippen LogP contribution < -0.4 is 0 Å². The number of rotatable bonds is 5. The number of fused-ring (bicyclic) bond motifs is 7. The van der Waals surface area contributed by atoms with Gasteiger partial charge in [-0.25, -0.2) is 0 Å². The second-order valence-corrected chi connectivity index (χ2v) is 18.9. The maximum atomic E-state index is 15.9. The van der Waals surface area contributed by atoms with Crippen LogP contribution in [-0.2, 0) is 14.3 Å². The number of hydrogen-bond acceptors (Lipinski definition) is 7. The fourth-order valence-corrected chi connectivity index (χ4v) is 14.1. The molecule has 0 bridgehead atoms. The molecule has 51 heavy (non-hydrogen) atoms. The first-order chi connectivity index (χ1) is 24.2. The molecule has 0 N–H and O–H groups in total. The number of ether oxygens (including phenoxy) is 1. The second-order valence-electron chi connectivity index (χ2n) is 18.9. The smallest absolute Gasteiger partial charge is 0.302 e. The minimum absolute atomic E-state index is 0.0979. The lowest BCUT2D eigenvalue weighted by atomic mass is 9.43. The van der Waals surface area contributed by atoms with Gasteiger partial charge in [0, 0.05) is 31.4 Å². The summed E-state index contributed by atoms with van der Waals surface area (Å²) in [7, 11) is 0. The Hall–Kier alpha value is -3.03. The summed E-state index contributed by atoms with van der Waals surface area (Å²) in [5.74, 6) is 5.46. The third kappa shape index (κ3) is 4.85. The first-order valence-electron chi connectivity index (χ1n) is 20.1. The Kier molecular flexibility index (Phi) is 8.42. The average Bonchev–Trinajstić information content (AvgIpc) is 3.82. The van der Waals surface area contributed by atoms with E-state index in [0.29, 0.717) is 41.3 Å². The van der Waals surface area contributed by atoms with Gasteiger partial charge in [-0.15, -0.1) is 0 Å². The molecule has 2 aromatic heterocycles. The van der Waals surface area contributed by atoms with Gasteiger partial charge in [0.2, 0.25) is 17.6 Å². The summed E-state index contributed by atoms with van der Waals surface area (Å²) in [5, 5.41) is 4.34. The van der Waals surface area contributed by atoms with E-state index in [1.807, 2.05) is 12.1 Å². The van der Waals surface area contributed by atoms with Crippen molar-refractivity contribution >= 4 is 11.9 Å². The van der Waals surface area contributed by atoms with Crippen molar-refractivity contribution in [1.82, 2.24) is 20.0 Å². The highest BCUT2D eigenvalue weighted by molar-refractivity contribution is 5.86. The van der Waals surface area contributed by atoms with E-state index in [2.05, 4.69) is 56.6 Å². The molecule has 1 saturated heterocycles. The molecule has 0 spiro atoms. The van der Waals surface area contributed by atoms with Crippen LogP contribution in [-0.4, -0.2) is 44.5 Å². The van der Waals surface area contributed by atoms with Crippen molar-refractivity contribution in [2.45, 2.75) is 131 Å². The topological polar surface area (TPSA) is 98.4 Å². The number of hydrogen-bond donors (Lipinski definition) is 0. The highest BCUT2D eigenvalue weighted by atomic mass is 16.5. The maximum Gasteiger partial charge on any atom is 0.302 e. The van der Waals surface area contributed by atoms with Gasteiger partial charge in [0.1, 0.15) is 12.1 Å². The Morgan fingerprint density at radius 2 is 1.61 bits per heavy atom. The van der Waals surface area contributed by atoms with Crippen molar-refractivity contribution in [3.05, 3.63) is 42.6 Å². The van der Waals surface area contributed by atoms with Gasteiger partial charge in [0.05, 0.1) is 5.41 Å². The zero-order valence-electron chi connectivity index (χ0n) is 32.1. The third-order valence-electron chi connectivity index (χ3n) is 17.1. The zero-order valence-corrected chi connectivity index (χ0v) is 32.1. The Morgan fingerprint density at radius 3 is 2.33 bits per heavy atom. The number of allylic oxidation sites excluding steroid dienone is 1. The molecule has 5 aliphatic carbocycles. The molecule has 8 rings (SSSR count). The molecule has 0 radical (unpaired) electrons. The van der Waals surface area contributed by atoms with Crippen LogP contribution in [0, 0.1) is 63.1 Å². The molecule has 10 unspecified atom stereocenters. The van der Waals surface area contributed by atoms with Gasteiger partial charge in [-0.3, -0.25) is 14.6 Å². The standard InChI is InChI=1S/C43H60N4O4/c1-25(2)42(8)36-34-18-17-31-30-16-14-29(50-26(3)48)23-27(30)13-15-32(31)33(34)19-20-43(36,41(6,7)40(42,4)5)39(49)47-22-10-12-35(47)38-45-37(46-51-38)28-11-9-21-44-24-28/h9,11,21,24,27,29-36H,1,10,12-20,22-23H2,2-8H3/t27?,29?,30?,31?,32?,33?,34?,35-,36?,42?,43?/m1/s1. The van der Waals surface area contributed by atoms with Gasteiger partial charge in [-0.2, -0.15) is 4.98 Å². The van der Waals surface area contributed by atoms with E-state index in [1.165, 1.54) is 37.7 Å². The highest BCUT2D eigenvalue weighted by Gasteiger charge is 2.79. The molecule has 1 amide bonds. The predicted molar refractivity (Wildman–Crippen MR) is 196 cm³/mol. The van der Waals surface area contributed by atoms with Crippen LogP contribution in [0.4, 0.5) is 0 Å². The van der Waals surface area contributed by atoms with E-state index >= 15 is 4.79 Å². The number of carbonyl (C=O) groups excluding carboxylic acids is 2. The molecular weight excluding hydrogens is 636 g/mol. The number of pyridine rings is 1. The molecule has 1 aliphatic heterocycles. The summed E-state index contributed by atoms with van der Waals surface area (Å²) < 4.78 is 11.7. The van der Waals surface area contributed by atoms with Crippen LogP contribution in [0.3, 0.4) is 0 Å². The molecule has 8 nitrogen and oxygen atoms in total. The Bertz CT molecular complexity index is 1680. The van der Waals surface area contributed by atoms with Gasteiger partial charge in [-0.1, -0.05) is 51.9 Å². The Labute approximate surface area is 305 Å². The fourth-order valence-electron chi connectivity index (χ4n) is 14.1. The lowest BCUT2D eigenvalue weighted by molar-refractivity contribution is -0.173. The summed E-state index contributed by atoms with van der Waals surface area (Å²) in [6.07, 6.45) is 15.6. The van der Waals surface area contributed by atoms with Crippen LogP contribution in [0.1, 0.15) is 131 Å². The van der Waals surface area contributed by atoms with E-state index in [-0.39, 0.29) is 40.3 Å². The van der Waals surface area contributed by atoms with Crippen molar-refractivity contribution in [1.29, 1.82) is 0 Å². The number of nitrogens with zero attached hydrogens (tertiary/aromatic N) is 4. The Balaban J connectivity index is 1.14. The molecule has 2 aromatic rings. The lowest BCUT2D eigenvalue weighted by Gasteiger charge is -2.61. The largest absolute Gasteiger partial charge is 0.463 e. The van der Waals surface area contributed by atoms with Crippen LogP contribution in [0.15, 0.2) is 41.2 Å². The summed E-state index contributed by atoms with van der Waals surface area (Å²) in [5.41, 5.74) is 0.899. The minimum atomic E-state index is -0.522. The lowest BCUT2D eigenvalue weighted by Crippen LogP contribution is -2.60. The van der Waals surface area contributed by atoms with E-state index < -0.39 is 5.41 Å². The first-order valence-corrected chi connectivity index (χ1v) is 20.1. The number of amides is 1. The number of carbonyl (C=O) groups is 2. The molecule has 5 saturated carbocycles. The van der Waals surface area contributed by atoms with Crippen LogP contribution in [0.2, 0.25) is 0 Å². The SMILES string of the molecule is C=C(C)C1(C)C2C3CCC4C5CCC(OC(C)=O)CC5CCC4C3CCC2(C(=O)N2CCC[C@@H]2c2nc(-c3cccnc3)no2)C(C)(C)C1(C)C. The van der Waals surface area contributed by atoms with Crippen LogP contribution in [0.5, 0.6) is 0 Å². The minimum Gasteiger partial charge on any atom is -0.463 e. The van der Waals surface area contributed by atoms with E-state index in [4.69, 9.17) is 20.8 Å². The normalized spacial score (nSPS) is 40.8. The van der Waals surface area contributed by atoms with Crippen molar-refractivity contribution in [2.75, 3.05) is 6.54 Å². The van der Waals surface area contributed by atoms with Gasteiger partial charge in [0.25, 0.3) is 0 Å². The van der Waals surface area contributed by atoms with Crippen molar-refractivity contribution < 1.29 is 18.8 Å². The summed E-state index contributed by atoms with van der Waals surface area (Å²) >= 11 is 0. The van der Waals surface area contributed by atoms with Crippen molar-refractivity contribution in [3.8, 4) is 11.4 Å². The predicted octanol–water partition coefficient (Wildman–Crippen LogP) is 9.24. The molecule has 6 fully saturated rings. The van der Waals surface area contributed by atoms with Gasteiger partial charge in [-0.05, 0) is 147 Å². The van der Waals surface area contributed by atoms with Gasteiger partial charge in [0.15, 0.2) is 0 Å². The van der Waals surface area contributed by atoms with Crippen LogP contribution >= 0.6 is 0 Å². The van der Waals surface area contributed by atoms with Crippen molar-refractivity contribution in [3.63, 3.8) is 0 Å². The molecule has 276 valence electrons. The summed E-state index contributed by atoms with van der Waals surface area (Å²) in [6, 6.07) is 3.61. The third-order valence-corrected chi connectivity index (χ3v) is 17.1. The zero-order chi connectivity index (χ0) is 36.1. The number of esters is 1. The summed E-state index contributed by atoms with van der Waals surface area (Å²) in [6.45, 7) is 21.5. The molecule has 3 heterocycles. The van der Waals surface area contributed by atoms with Crippen molar-refractivity contribution in [2.24, 2.45) is 63.1 Å². The van der Waals surface area contributed by atoms with E-state index in [1.54, 1.807) is 19.3 Å². The summed E-state index contributed by atoms with van der Waals surface area (Å²) in [4.78, 5) is 38.9. The van der Waals surface area contributed by atoms with E-state index in [0.717, 1.165) is 62.5 Å². The molecule has 8 heteroatoms. The van der Waals surface area contributed by atoms with Gasteiger partial charge >= 0.3 is 5.97 Å². The average molecular weight is 697 g/mol. The molecule has 11 atom stereocenters. The second kappa shape index (κ2) is 12.3. The highest BCUT2D eigenvalue weighted by Crippen LogP contribution is 2.81. The van der Waals surface area contributed by atoms with Crippen LogP contribution in [0.25, 0.3) is 11.4 Å². The fraction of sp³-hybridized carbons (Fsp3) is 0.744.